The Labute approximate surface area is 80.9 Å². The van der Waals surface area contributed by atoms with E-state index in [1.807, 2.05) is 6.26 Å². The Morgan fingerprint density at radius 3 is 3.23 bits per heavy atom. The molecule has 13 heavy (non-hydrogen) atoms. The summed E-state index contributed by atoms with van der Waals surface area (Å²) in [5, 5.41) is 0. The van der Waals surface area contributed by atoms with Crippen molar-refractivity contribution in [2.75, 3.05) is 25.2 Å². The molecule has 2 unspecified atom stereocenters. The van der Waals surface area contributed by atoms with Gasteiger partial charge in [0.25, 0.3) is 5.79 Å². The number of esters is 1. The summed E-state index contributed by atoms with van der Waals surface area (Å²) in [6.07, 6.45) is 2.50. The molecule has 2 aliphatic heterocycles. The first kappa shape index (κ1) is 9.30. The number of fused-ring (bicyclic) bond motifs is 2. The summed E-state index contributed by atoms with van der Waals surface area (Å²) in [7, 11) is 0. The Morgan fingerprint density at radius 2 is 2.46 bits per heavy atom. The number of carbonyl (C=O) groups excluding carboxylic acids is 1. The Hall–Kier alpha value is -0.260. The van der Waals surface area contributed by atoms with Gasteiger partial charge in [0.2, 0.25) is 0 Å². The number of thioether (sulfide) groups is 1. The van der Waals surface area contributed by atoms with Crippen molar-refractivity contribution in [1.29, 1.82) is 0 Å². The topological polar surface area (TPSA) is 44.8 Å². The van der Waals surface area contributed by atoms with Crippen LogP contribution in [0.1, 0.15) is 6.42 Å². The lowest BCUT2D eigenvalue weighted by Gasteiger charge is -2.28. The maximum atomic E-state index is 11.4. The zero-order valence-electron chi connectivity index (χ0n) is 7.45. The van der Waals surface area contributed by atoms with Crippen molar-refractivity contribution in [2.45, 2.75) is 18.3 Å². The van der Waals surface area contributed by atoms with Crippen LogP contribution in [0.25, 0.3) is 0 Å². The second kappa shape index (κ2) is 3.48. The van der Waals surface area contributed by atoms with Gasteiger partial charge < -0.3 is 14.2 Å². The molecule has 0 amide bonds. The Balaban J connectivity index is 2.05. The van der Waals surface area contributed by atoms with Crippen molar-refractivity contribution in [3.05, 3.63) is 0 Å². The van der Waals surface area contributed by atoms with Crippen LogP contribution in [0.15, 0.2) is 0 Å². The van der Waals surface area contributed by atoms with Crippen LogP contribution in [0.4, 0.5) is 0 Å². The van der Waals surface area contributed by atoms with Gasteiger partial charge >= 0.3 is 5.97 Å². The van der Waals surface area contributed by atoms with E-state index < -0.39 is 5.79 Å². The highest BCUT2D eigenvalue weighted by molar-refractivity contribution is 7.98. The summed E-state index contributed by atoms with van der Waals surface area (Å²) in [5.74, 6) is -0.608. The highest BCUT2D eigenvalue weighted by Gasteiger charge is 2.53. The SMILES string of the molecule is CSCCC12OCC(COC1=O)O2. The van der Waals surface area contributed by atoms with E-state index in [9.17, 15) is 4.79 Å². The lowest BCUT2D eigenvalue weighted by atomic mass is 10.2. The molecule has 2 fully saturated rings. The minimum Gasteiger partial charge on any atom is -0.459 e. The van der Waals surface area contributed by atoms with E-state index in [4.69, 9.17) is 14.2 Å². The Morgan fingerprint density at radius 1 is 1.62 bits per heavy atom. The molecule has 0 aliphatic carbocycles. The quantitative estimate of drug-likeness (QED) is 0.623. The first-order valence-electron chi connectivity index (χ1n) is 4.25. The average molecular weight is 204 g/mol. The van der Waals surface area contributed by atoms with Gasteiger partial charge in [-0.05, 0) is 12.0 Å². The number of cyclic esters (lactones) is 1. The maximum absolute atomic E-state index is 11.4. The molecule has 2 saturated heterocycles. The van der Waals surface area contributed by atoms with E-state index in [0.717, 1.165) is 5.75 Å². The Kier molecular flexibility index (Phi) is 2.49. The third kappa shape index (κ3) is 1.56. The van der Waals surface area contributed by atoms with Crippen molar-refractivity contribution >= 4 is 17.7 Å². The Bertz CT molecular complexity index is 220. The first-order valence-corrected chi connectivity index (χ1v) is 5.64. The summed E-state index contributed by atoms with van der Waals surface area (Å²) in [6, 6.07) is 0. The molecule has 2 aliphatic rings. The summed E-state index contributed by atoms with van der Waals surface area (Å²) in [5.41, 5.74) is 0. The van der Waals surface area contributed by atoms with Crippen LogP contribution >= 0.6 is 11.8 Å². The fourth-order valence-electron chi connectivity index (χ4n) is 1.50. The van der Waals surface area contributed by atoms with Crippen molar-refractivity contribution in [3.8, 4) is 0 Å². The predicted molar refractivity (Wildman–Crippen MR) is 47.5 cm³/mol. The highest BCUT2D eigenvalue weighted by atomic mass is 32.2. The number of hydrogen-bond donors (Lipinski definition) is 0. The third-order valence-electron chi connectivity index (χ3n) is 2.21. The molecule has 2 heterocycles. The summed E-state index contributed by atoms with van der Waals surface area (Å²) < 4.78 is 15.8. The fraction of sp³-hybridized carbons (Fsp3) is 0.875. The van der Waals surface area contributed by atoms with E-state index in [2.05, 4.69) is 0 Å². The van der Waals surface area contributed by atoms with E-state index in [1.54, 1.807) is 11.8 Å². The van der Waals surface area contributed by atoms with Gasteiger partial charge in [0.05, 0.1) is 6.61 Å². The van der Waals surface area contributed by atoms with Gasteiger partial charge in [0, 0.05) is 6.42 Å². The van der Waals surface area contributed by atoms with Gasteiger partial charge in [-0.2, -0.15) is 11.8 Å². The normalized spacial score (nSPS) is 37.6. The lowest BCUT2D eigenvalue weighted by Crippen LogP contribution is -2.46. The molecule has 0 aromatic heterocycles. The molecule has 0 N–H and O–H groups in total. The molecular formula is C8H12O4S. The zero-order valence-corrected chi connectivity index (χ0v) is 8.26. The average Bonchev–Trinajstić information content (AvgIpc) is 2.50. The molecule has 0 radical (unpaired) electrons. The molecule has 0 saturated carbocycles. The van der Waals surface area contributed by atoms with Crippen LogP contribution in [0.2, 0.25) is 0 Å². The van der Waals surface area contributed by atoms with Crippen LogP contribution in [-0.4, -0.2) is 43.1 Å². The molecule has 0 aromatic carbocycles. The number of ether oxygens (including phenoxy) is 3. The van der Waals surface area contributed by atoms with Gasteiger partial charge in [0.1, 0.15) is 12.7 Å². The summed E-state index contributed by atoms with van der Waals surface area (Å²) >= 11 is 1.66. The predicted octanol–water partition coefficient (Wildman–Crippen LogP) is 0.408. The molecular weight excluding hydrogens is 192 g/mol. The second-order valence-corrected chi connectivity index (χ2v) is 4.13. The van der Waals surface area contributed by atoms with Crippen molar-refractivity contribution in [2.24, 2.45) is 0 Å². The molecule has 0 aromatic rings. The van der Waals surface area contributed by atoms with E-state index in [1.165, 1.54) is 0 Å². The standard InChI is InChI=1S/C8H12O4S/c1-13-3-2-8-7(9)10-4-6(12-8)5-11-8/h6H,2-5H2,1H3. The lowest BCUT2D eigenvalue weighted by molar-refractivity contribution is -0.230. The fourth-order valence-corrected chi connectivity index (χ4v) is 1.98. The summed E-state index contributed by atoms with van der Waals surface area (Å²) in [6.45, 7) is 0.806. The van der Waals surface area contributed by atoms with Gasteiger partial charge in [-0.1, -0.05) is 0 Å². The van der Waals surface area contributed by atoms with Crippen LogP contribution in [0.5, 0.6) is 0 Å². The first-order chi connectivity index (χ1) is 6.27. The minimum absolute atomic E-state index is 0.0560. The van der Waals surface area contributed by atoms with Crippen molar-refractivity contribution in [1.82, 2.24) is 0 Å². The van der Waals surface area contributed by atoms with Gasteiger partial charge in [0.15, 0.2) is 0 Å². The number of carbonyl (C=O) groups is 1. The van der Waals surface area contributed by atoms with Crippen molar-refractivity contribution < 1.29 is 19.0 Å². The largest absolute Gasteiger partial charge is 0.459 e. The van der Waals surface area contributed by atoms with Gasteiger partial charge in [-0.25, -0.2) is 4.79 Å². The van der Waals surface area contributed by atoms with E-state index in [-0.39, 0.29) is 12.1 Å². The van der Waals surface area contributed by atoms with E-state index >= 15 is 0 Å². The van der Waals surface area contributed by atoms with Crippen LogP contribution < -0.4 is 0 Å². The number of rotatable bonds is 3. The molecule has 5 heteroatoms. The second-order valence-electron chi connectivity index (χ2n) is 3.15. The van der Waals surface area contributed by atoms with Gasteiger partial charge in [-0.3, -0.25) is 0 Å². The molecule has 2 rings (SSSR count). The minimum atomic E-state index is -1.08. The molecule has 0 spiro atoms. The van der Waals surface area contributed by atoms with E-state index in [0.29, 0.717) is 19.6 Å². The van der Waals surface area contributed by atoms with Crippen LogP contribution in [-0.2, 0) is 19.0 Å². The van der Waals surface area contributed by atoms with Crippen LogP contribution in [0.3, 0.4) is 0 Å². The molecule has 74 valence electrons. The monoisotopic (exact) mass is 204 g/mol. The molecule has 2 atom stereocenters. The molecule has 2 bridgehead atoms. The highest BCUT2D eigenvalue weighted by Crippen LogP contribution is 2.33. The smallest absolute Gasteiger partial charge is 0.367 e. The maximum Gasteiger partial charge on any atom is 0.367 e. The third-order valence-corrected chi connectivity index (χ3v) is 2.82. The molecule has 4 nitrogen and oxygen atoms in total. The number of hydrogen-bond acceptors (Lipinski definition) is 5. The van der Waals surface area contributed by atoms with Gasteiger partial charge in [-0.15, -0.1) is 0 Å². The van der Waals surface area contributed by atoms with Crippen molar-refractivity contribution in [3.63, 3.8) is 0 Å². The zero-order chi connectivity index (χ0) is 9.31. The summed E-state index contributed by atoms with van der Waals surface area (Å²) in [4.78, 5) is 11.4. The van der Waals surface area contributed by atoms with Crippen LogP contribution in [0, 0.1) is 0 Å².